The van der Waals surface area contributed by atoms with Crippen LogP contribution < -0.4 is 5.32 Å². The Hall–Kier alpha value is -2.14. The average molecular weight is 327 g/mol. The highest BCUT2D eigenvalue weighted by atomic mass is 16.5. The van der Waals surface area contributed by atoms with Gasteiger partial charge < -0.3 is 10.1 Å². The lowest BCUT2D eigenvalue weighted by Gasteiger charge is -2.22. The van der Waals surface area contributed by atoms with Crippen molar-refractivity contribution in [3.8, 4) is 0 Å². The number of benzene rings is 1. The number of rotatable bonds is 6. The summed E-state index contributed by atoms with van der Waals surface area (Å²) in [6.45, 7) is 6.00. The number of nitrogens with one attached hydrogen (secondary N) is 1. The molecule has 1 aromatic carbocycles. The summed E-state index contributed by atoms with van der Waals surface area (Å²) in [5.41, 5.74) is 3.40. The molecule has 2 heterocycles. The summed E-state index contributed by atoms with van der Waals surface area (Å²) >= 11 is 0. The Kier molecular flexibility index (Phi) is 5.30. The molecule has 0 aliphatic carbocycles. The van der Waals surface area contributed by atoms with Gasteiger partial charge >= 0.3 is 0 Å². The molecule has 1 aliphatic heterocycles. The van der Waals surface area contributed by atoms with Crippen molar-refractivity contribution in [2.75, 3.05) is 13.2 Å². The average Bonchev–Trinajstić information content (AvgIpc) is 2.96. The highest BCUT2D eigenvalue weighted by molar-refractivity contribution is 5.76. The van der Waals surface area contributed by atoms with E-state index in [-0.39, 0.29) is 12.0 Å². The van der Waals surface area contributed by atoms with Crippen LogP contribution in [0.15, 0.2) is 36.5 Å². The van der Waals surface area contributed by atoms with E-state index < -0.39 is 0 Å². The predicted molar refractivity (Wildman–Crippen MR) is 92.6 cm³/mol. The Morgan fingerprint density at radius 3 is 2.92 bits per heavy atom. The van der Waals surface area contributed by atoms with Crippen molar-refractivity contribution in [2.45, 2.75) is 39.3 Å². The maximum Gasteiger partial charge on any atom is 0.220 e. The summed E-state index contributed by atoms with van der Waals surface area (Å²) in [6, 6.07) is 10.3. The van der Waals surface area contributed by atoms with Gasteiger partial charge in [-0.15, -0.1) is 0 Å². The van der Waals surface area contributed by atoms with Crippen LogP contribution in [-0.4, -0.2) is 28.8 Å². The first-order chi connectivity index (χ1) is 11.6. The standard InChI is InChI=1S/C19H25N3O2/c1-14(2)10-18(23)20-11-17-19-16(8-9-24-17)13-22(21-19)12-15-6-4-3-5-7-15/h3-7,13-14,17H,8-12H2,1-2H3,(H,20,23)/t17-/m0/s1. The molecule has 1 aliphatic rings. The number of fused-ring (bicyclic) bond motifs is 1. The molecule has 5 heteroatoms. The van der Waals surface area contributed by atoms with Gasteiger partial charge in [0.1, 0.15) is 6.10 Å². The van der Waals surface area contributed by atoms with E-state index in [1.807, 2.05) is 36.7 Å². The van der Waals surface area contributed by atoms with E-state index in [1.54, 1.807) is 0 Å². The lowest BCUT2D eigenvalue weighted by atomic mass is 10.1. The van der Waals surface area contributed by atoms with Gasteiger partial charge in [-0.3, -0.25) is 9.48 Å². The van der Waals surface area contributed by atoms with Crippen LogP contribution in [0.25, 0.3) is 0 Å². The number of carbonyl (C=O) groups is 1. The summed E-state index contributed by atoms with van der Waals surface area (Å²) in [4.78, 5) is 11.9. The van der Waals surface area contributed by atoms with E-state index in [4.69, 9.17) is 9.84 Å². The SMILES string of the molecule is CC(C)CC(=O)NC[C@@H]1OCCc2cn(Cc3ccccc3)nc21. The minimum atomic E-state index is -0.151. The van der Waals surface area contributed by atoms with Gasteiger partial charge in [-0.05, 0) is 23.5 Å². The Morgan fingerprint density at radius 1 is 1.38 bits per heavy atom. The molecular weight excluding hydrogens is 302 g/mol. The molecule has 1 N–H and O–H groups in total. The van der Waals surface area contributed by atoms with E-state index in [0.717, 1.165) is 18.7 Å². The molecule has 0 bridgehead atoms. The normalized spacial score (nSPS) is 16.9. The first kappa shape index (κ1) is 16.7. The van der Waals surface area contributed by atoms with Crippen LogP contribution in [0.4, 0.5) is 0 Å². The second-order valence-electron chi connectivity index (χ2n) is 6.73. The number of hydrogen-bond donors (Lipinski definition) is 1. The third-order valence-electron chi connectivity index (χ3n) is 4.13. The van der Waals surface area contributed by atoms with Gasteiger partial charge in [0.05, 0.1) is 18.8 Å². The minimum Gasteiger partial charge on any atom is -0.370 e. The minimum absolute atomic E-state index is 0.0736. The Labute approximate surface area is 143 Å². The van der Waals surface area contributed by atoms with E-state index in [9.17, 15) is 4.79 Å². The molecule has 2 aromatic rings. The molecular formula is C19H25N3O2. The van der Waals surface area contributed by atoms with Gasteiger partial charge in [-0.2, -0.15) is 5.10 Å². The van der Waals surface area contributed by atoms with Gasteiger partial charge in [-0.25, -0.2) is 0 Å². The monoisotopic (exact) mass is 327 g/mol. The third-order valence-corrected chi connectivity index (χ3v) is 4.13. The van der Waals surface area contributed by atoms with Crippen LogP contribution in [0.1, 0.15) is 43.2 Å². The van der Waals surface area contributed by atoms with Crippen LogP contribution >= 0.6 is 0 Å². The molecule has 24 heavy (non-hydrogen) atoms. The Bertz CT molecular complexity index is 679. The van der Waals surface area contributed by atoms with Gasteiger partial charge in [0.15, 0.2) is 0 Å². The highest BCUT2D eigenvalue weighted by Gasteiger charge is 2.25. The fourth-order valence-corrected chi connectivity index (χ4v) is 2.99. The summed E-state index contributed by atoms with van der Waals surface area (Å²) in [5.74, 6) is 0.433. The summed E-state index contributed by atoms with van der Waals surface area (Å²) in [7, 11) is 0. The largest absolute Gasteiger partial charge is 0.370 e. The number of carbonyl (C=O) groups excluding carboxylic acids is 1. The van der Waals surface area contributed by atoms with Crippen molar-refractivity contribution < 1.29 is 9.53 Å². The van der Waals surface area contributed by atoms with Gasteiger partial charge in [0.25, 0.3) is 0 Å². The fourth-order valence-electron chi connectivity index (χ4n) is 2.99. The van der Waals surface area contributed by atoms with E-state index >= 15 is 0 Å². The molecule has 1 amide bonds. The second kappa shape index (κ2) is 7.62. The quantitative estimate of drug-likeness (QED) is 0.887. The van der Waals surface area contributed by atoms with Crippen molar-refractivity contribution in [2.24, 2.45) is 5.92 Å². The van der Waals surface area contributed by atoms with E-state index in [1.165, 1.54) is 11.1 Å². The maximum absolute atomic E-state index is 11.9. The molecule has 0 saturated heterocycles. The highest BCUT2D eigenvalue weighted by Crippen LogP contribution is 2.25. The number of hydrogen-bond acceptors (Lipinski definition) is 3. The summed E-state index contributed by atoms with van der Waals surface area (Å²) in [6.07, 6.45) is 3.37. The molecule has 128 valence electrons. The summed E-state index contributed by atoms with van der Waals surface area (Å²) in [5, 5.41) is 7.68. The summed E-state index contributed by atoms with van der Waals surface area (Å²) < 4.78 is 7.80. The second-order valence-corrected chi connectivity index (χ2v) is 6.73. The van der Waals surface area contributed by atoms with Gasteiger partial charge in [0, 0.05) is 19.2 Å². The molecule has 1 aromatic heterocycles. The maximum atomic E-state index is 11.9. The predicted octanol–water partition coefficient (Wildman–Crippen LogP) is 2.71. The van der Waals surface area contributed by atoms with Crippen LogP contribution in [-0.2, 0) is 22.5 Å². The van der Waals surface area contributed by atoms with Crippen LogP contribution in [0.2, 0.25) is 0 Å². The van der Waals surface area contributed by atoms with Crippen LogP contribution in [0.5, 0.6) is 0 Å². The zero-order valence-corrected chi connectivity index (χ0v) is 14.4. The zero-order chi connectivity index (χ0) is 16.9. The third kappa shape index (κ3) is 4.23. The van der Waals surface area contributed by atoms with E-state index in [2.05, 4.69) is 23.6 Å². The lowest BCUT2D eigenvalue weighted by Crippen LogP contribution is -2.32. The number of ether oxygens (including phenoxy) is 1. The smallest absolute Gasteiger partial charge is 0.220 e. The van der Waals surface area contributed by atoms with Crippen molar-refractivity contribution in [3.05, 3.63) is 53.3 Å². The van der Waals surface area contributed by atoms with Gasteiger partial charge in [0.2, 0.25) is 5.91 Å². The van der Waals surface area contributed by atoms with Crippen LogP contribution in [0.3, 0.4) is 0 Å². The number of aromatic nitrogens is 2. The molecule has 0 spiro atoms. The van der Waals surface area contributed by atoms with Crippen molar-refractivity contribution in [1.82, 2.24) is 15.1 Å². The van der Waals surface area contributed by atoms with Crippen molar-refractivity contribution in [1.29, 1.82) is 0 Å². The molecule has 5 nitrogen and oxygen atoms in total. The van der Waals surface area contributed by atoms with Crippen molar-refractivity contribution in [3.63, 3.8) is 0 Å². The van der Waals surface area contributed by atoms with Crippen molar-refractivity contribution >= 4 is 5.91 Å². The fraction of sp³-hybridized carbons (Fsp3) is 0.474. The molecule has 0 saturated carbocycles. The van der Waals surface area contributed by atoms with Gasteiger partial charge in [-0.1, -0.05) is 44.2 Å². The molecule has 1 atom stereocenters. The first-order valence-corrected chi connectivity index (χ1v) is 8.60. The zero-order valence-electron chi connectivity index (χ0n) is 14.4. The molecule has 0 radical (unpaired) electrons. The van der Waals surface area contributed by atoms with E-state index in [0.29, 0.717) is 25.5 Å². The topological polar surface area (TPSA) is 56.1 Å². The molecule has 3 rings (SSSR count). The number of amides is 1. The Morgan fingerprint density at radius 2 is 2.17 bits per heavy atom. The lowest BCUT2D eigenvalue weighted by molar-refractivity contribution is -0.122. The number of nitrogens with zero attached hydrogens (tertiary/aromatic N) is 2. The molecule has 0 unspecified atom stereocenters. The van der Waals surface area contributed by atoms with Crippen LogP contribution in [0, 0.1) is 5.92 Å². The first-order valence-electron chi connectivity index (χ1n) is 8.60. The molecule has 0 fully saturated rings. The Balaban J connectivity index is 1.65.